The molecule has 1 fully saturated rings. The molecule has 0 aliphatic carbocycles. The molecule has 3 rings (SSSR count). The molecule has 0 aromatic heterocycles. The molecule has 0 spiro atoms. The highest BCUT2D eigenvalue weighted by Crippen LogP contribution is 2.26. The highest BCUT2D eigenvalue weighted by molar-refractivity contribution is 5.40. The molecule has 1 atom stereocenters. The highest BCUT2D eigenvalue weighted by Gasteiger charge is 2.22. The zero-order chi connectivity index (χ0) is 19.8. The van der Waals surface area contributed by atoms with Gasteiger partial charge in [0, 0.05) is 37.8 Å². The molecule has 6 nitrogen and oxygen atoms in total. The Bertz CT molecular complexity index is 730. The first-order valence-corrected chi connectivity index (χ1v) is 9.62. The Morgan fingerprint density at radius 3 is 2.25 bits per heavy atom. The summed E-state index contributed by atoms with van der Waals surface area (Å²) in [5, 5.41) is 3.60. The zero-order valence-electron chi connectivity index (χ0n) is 16.9. The first-order valence-electron chi connectivity index (χ1n) is 9.62. The second-order valence-electron chi connectivity index (χ2n) is 6.75. The van der Waals surface area contributed by atoms with Gasteiger partial charge in [0.15, 0.2) is 0 Å². The summed E-state index contributed by atoms with van der Waals surface area (Å²) >= 11 is 0. The average Bonchev–Trinajstić information content (AvgIpc) is 2.77. The lowest BCUT2D eigenvalue weighted by Crippen LogP contribution is -2.42. The van der Waals surface area contributed by atoms with Crippen molar-refractivity contribution in [1.82, 2.24) is 10.2 Å². The van der Waals surface area contributed by atoms with E-state index in [1.165, 1.54) is 5.56 Å². The fourth-order valence-electron chi connectivity index (χ4n) is 3.54. The number of methoxy groups -OCH3 is 3. The van der Waals surface area contributed by atoms with Crippen molar-refractivity contribution >= 4 is 0 Å². The smallest absolute Gasteiger partial charge is 0.123 e. The maximum atomic E-state index is 5.54. The van der Waals surface area contributed by atoms with Crippen LogP contribution < -0.4 is 19.5 Å². The molecule has 0 amide bonds. The predicted octanol–water partition coefficient (Wildman–Crippen LogP) is 2.88. The topological polar surface area (TPSA) is 52.2 Å². The van der Waals surface area contributed by atoms with E-state index in [9.17, 15) is 0 Å². The van der Waals surface area contributed by atoms with Crippen LogP contribution in [0.1, 0.15) is 17.2 Å². The van der Waals surface area contributed by atoms with Crippen molar-refractivity contribution in [3.63, 3.8) is 0 Å². The third-order valence-corrected chi connectivity index (χ3v) is 5.13. The fraction of sp³-hybridized carbons (Fsp3) is 0.455. The molecule has 1 heterocycles. The number of ether oxygens (including phenoxy) is 4. The third kappa shape index (κ3) is 5.16. The van der Waals surface area contributed by atoms with E-state index in [-0.39, 0.29) is 6.04 Å². The summed E-state index contributed by atoms with van der Waals surface area (Å²) in [4.78, 5) is 2.47. The summed E-state index contributed by atoms with van der Waals surface area (Å²) in [5.41, 5.74) is 2.35. The SMILES string of the molecule is COc1ccc(C(CNCc2cc(OC)ccc2OC)N2CCOCC2)cc1. The molecule has 1 N–H and O–H groups in total. The number of hydrogen-bond acceptors (Lipinski definition) is 6. The van der Waals surface area contributed by atoms with Crippen molar-refractivity contribution in [2.24, 2.45) is 0 Å². The molecule has 152 valence electrons. The molecule has 0 bridgehead atoms. The monoisotopic (exact) mass is 386 g/mol. The minimum absolute atomic E-state index is 0.270. The standard InChI is InChI=1S/C22H30N2O4/c1-25-19-6-4-17(5-7-19)21(24-10-12-28-13-11-24)16-23-15-18-14-20(26-2)8-9-22(18)27-3/h4-9,14,21,23H,10-13,15-16H2,1-3H3. The Hall–Kier alpha value is -2.28. The molecule has 2 aromatic rings. The lowest BCUT2D eigenvalue weighted by Gasteiger charge is -2.35. The van der Waals surface area contributed by atoms with E-state index in [2.05, 4.69) is 22.3 Å². The highest BCUT2D eigenvalue weighted by atomic mass is 16.5. The summed E-state index contributed by atoms with van der Waals surface area (Å²) in [6.07, 6.45) is 0. The number of morpholine rings is 1. The van der Waals surface area contributed by atoms with Gasteiger partial charge in [-0.2, -0.15) is 0 Å². The normalized spacial score (nSPS) is 15.8. The summed E-state index contributed by atoms with van der Waals surface area (Å²) in [6, 6.07) is 14.5. The quantitative estimate of drug-likeness (QED) is 0.715. The van der Waals surface area contributed by atoms with Crippen LogP contribution in [0.15, 0.2) is 42.5 Å². The minimum atomic E-state index is 0.270. The molecule has 6 heteroatoms. The number of nitrogens with one attached hydrogen (secondary N) is 1. The maximum absolute atomic E-state index is 5.54. The van der Waals surface area contributed by atoms with Crippen LogP contribution in [0.2, 0.25) is 0 Å². The van der Waals surface area contributed by atoms with Crippen molar-refractivity contribution in [2.75, 3.05) is 54.2 Å². The Morgan fingerprint density at radius 1 is 0.929 bits per heavy atom. The number of nitrogens with zero attached hydrogens (tertiary/aromatic N) is 1. The third-order valence-electron chi connectivity index (χ3n) is 5.13. The van der Waals surface area contributed by atoms with Crippen LogP contribution in [0.5, 0.6) is 17.2 Å². The van der Waals surface area contributed by atoms with Crippen molar-refractivity contribution in [2.45, 2.75) is 12.6 Å². The molecule has 1 unspecified atom stereocenters. The van der Waals surface area contributed by atoms with Gasteiger partial charge >= 0.3 is 0 Å². The van der Waals surface area contributed by atoms with Gasteiger partial charge in [-0.05, 0) is 35.9 Å². The van der Waals surface area contributed by atoms with Crippen LogP contribution in [-0.2, 0) is 11.3 Å². The van der Waals surface area contributed by atoms with Gasteiger partial charge in [-0.15, -0.1) is 0 Å². The number of rotatable bonds is 9. The van der Waals surface area contributed by atoms with Gasteiger partial charge in [-0.25, -0.2) is 0 Å². The Morgan fingerprint density at radius 2 is 1.61 bits per heavy atom. The second-order valence-corrected chi connectivity index (χ2v) is 6.75. The minimum Gasteiger partial charge on any atom is -0.497 e. The van der Waals surface area contributed by atoms with Gasteiger partial charge in [0.25, 0.3) is 0 Å². The van der Waals surface area contributed by atoms with Crippen molar-refractivity contribution < 1.29 is 18.9 Å². The second kappa shape index (κ2) is 10.3. The first-order chi connectivity index (χ1) is 13.7. The maximum Gasteiger partial charge on any atom is 0.123 e. The van der Waals surface area contributed by atoms with E-state index in [0.29, 0.717) is 6.54 Å². The van der Waals surface area contributed by atoms with Crippen LogP contribution in [0.3, 0.4) is 0 Å². The molecule has 1 saturated heterocycles. The van der Waals surface area contributed by atoms with E-state index in [1.54, 1.807) is 21.3 Å². The summed E-state index contributed by atoms with van der Waals surface area (Å²) in [7, 11) is 5.06. The molecular weight excluding hydrogens is 356 g/mol. The number of hydrogen-bond donors (Lipinski definition) is 1. The molecule has 0 radical (unpaired) electrons. The summed E-state index contributed by atoms with van der Waals surface area (Å²) in [6.45, 7) is 4.94. The molecule has 1 aliphatic heterocycles. The first kappa shape index (κ1) is 20.5. The lowest BCUT2D eigenvalue weighted by molar-refractivity contribution is 0.0161. The Balaban J connectivity index is 1.70. The molecule has 0 saturated carbocycles. The summed E-state index contributed by atoms with van der Waals surface area (Å²) < 4.78 is 21.7. The van der Waals surface area contributed by atoms with Crippen LogP contribution >= 0.6 is 0 Å². The van der Waals surface area contributed by atoms with E-state index in [0.717, 1.165) is 55.7 Å². The average molecular weight is 386 g/mol. The van der Waals surface area contributed by atoms with Gasteiger partial charge in [0.2, 0.25) is 0 Å². The lowest BCUT2D eigenvalue weighted by atomic mass is 10.0. The molecule has 2 aromatic carbocycles. The van der Waals surface area contributed by atoms with Crippen molar-refractivity contribution in [3.05, 3.63) is 53.6 Å². The Labute approximate surface area is 167 Å². The molecule has 28 heavy (non-hydrogen) atoms. The van der Waals surface area contributed by atoms with E-state index in [1.807, 2.05) is 30.3 Å². The fourth-order valence-corrected chi connectivity index (χ4v) is 3.54. The predicted molar refractivity (Wildman–Crippen MR) is 109 cm³/mol. The summed E-state index contributed by atoms with van der Waals surface area (Å²) in [5.74, 6) is 2.57. The molecule has 1 aliphatic rings. The van der Waals surface area contributed by atoms with Gasteiger partial charge < -0.3 is 24.3 Å². The van der Waals surface area contributed by atoms with E-state index < -0.39 is 0 Å². The van der Waals surface area contributed by atoms with Gasteiger partial charge in [-0.3, -0.25) is 4.90 Å². The largest absolute Gasteiger partial charge is 0.497 e. The van der Waals surface area contributed by atoms with E-state index >= 15 is 0 Å². The van der Waals surface area contributed by atoms with Crippen LogP contribution in [0.25, 0.3) is 0 Å². The van der Waals surface area contributed by atoms with Gasteiger partial charge in [0.05, 0.1) is 34.5 Å². The van der Waals surface area contributed by atoms with Gasteiger partial charge in [-0.1, -0.05) is 12.1 Å². The van der Waals surface area contributed by atoms with Crippen LogP contribution in [0, 0.1) is 0 Å². The van der Waals surface area contributed by atoms with Crippen molar-refractivity contribution in [3.8, 4) is 17.2 Å². The zero-order valence-corrected chi connectivity index (χ0v) is 16.9. The van der Waals surface area contributed by atoms with Crippen LogP contribution in [-0.4, -0.2) is 59.1 Å². The number of benzene rings is 2. The van der Waals surface area contributed by atoms with E-state index in [4.69, 9.17) is 18.9 Å². The van der Waals surface area contributed by atoms with Crippen LogP contribution in [0.4, 0.5) is 0 Å². The Kier molecular flexibility index (Phi) is 7.54. The molecular formula is C22H30N2O4. The van der Waals surface area contributed by atoms with Crippen molar-refractivity contribution in [1.29, 1.82) is 0 Å². The van der Waals surface area contributed by atoms with Gasteiger partial charge in [0.1, 0.15) is 17.2 Å².